The SMILES string of the molecule is Cc1ccc(S(=O)(=O)N2CCc3ccc(S(N)(=O)=O)cc3C2)cc1C. The molecule has 0 bridgehead atoms. The van der Waals surface area contributed by atoms with Gasteiger partial charge in [0.2, 0.25) is 20.0 Å². The summed E-state index contributed by atoms with van der Waals surface area (Å²) in [5.41, 5.74) is 3.56. The highest BCUT2D eigenvalue weighted by atomic mass is 32.2. The topological polar surface area (TPSA) is 97.5 Å². The zero-order valence-electron chi connectivity index (χ0n) is 14.1. The number of hydrogen-bond acceptors (Lipinski definition) is 4. The van der Waals surface area contributed by atoms with Crippen molar-refractivity contribution in [1.82, 2.24) is 4.31 Å². The lowest BCUT2D eigenvalue weighted by atomic mass is 10.0. The average molecular weight is 380 g/mol. The summed E-state index contributed by atoms with van der Waals surface area (Å²) < 4.78 is 50.3. The Morgan fingerprint density at radius 3 is 2.20 bits per heavy atom. The maximum Gasteiger partial charge on any atom is 0.243 e. The van der Waals surface area contributed by atoms with Crippen LogP contribution < -0.4 is 5.14 Å². The highest BCUT2D eigenvalue weighted by Crippen LogP contribution is 2.27. The van der Waals surface area contributed by atoms with E-state index in [2.05, 4.69) is 0 Å². The van der Waals surface area contributed by atoms with E-state index in [4.69, 9.17) is 5.14 Å². The van der Waals surface area contributed by atoms with Crippen molar-refractivity contribution in [3.8, 4) is 0 Å². The van der Waals surface area contributed by atoms with E-state index in [0.29, 0.717) is 18.5 Å². The summed E-state index contributed by atoms with van der Waals surface area (Å²) in [6.45, 7) is 4.29. The molecule has 0 spiro atoms. The Morgan fingerprint density at radius 1 is 0.880 bits per heavy atom. The van der Waals surface area contributed by atoms with Crippen molar-refractivity contribution in [2.45, 2.75) is 36.6 Å². The quantitative estimate of drug-likeness (QED) is 0.876. The largest absolute Gasteiger partial charge is 0.243 e. The molecule has 2 N–H and O–H groups in total. The molecule has 1 heterocycles. The summed E-state index contributed by atoms with van der Waals surface area (Å²) in [6.07, 6.45) is 0.532. The van der Waals surface area contributed by atoms with Crippen LogP contribution in [0.2, 0.25) is 0 Å². The molecule has 0 saturated heterocycles. The molecule has 25 heavy (non-hydrogen) atoms. The number of benzene rings is 2. The Morgan fingerprint density at radius 2 is 1.56 bits per heavy atom. The number of rotatable bonds is 3. The van der Waals surface area contributed by atoms with E-state index in [0.717, 1.165) is 16.7 Å². The minimum absolute atomic E-state index is 0.00308. The fourth-order valence-corrected chi connectivity index (χ4v) is 4.98. The fourth-order valence-electron chi connectivity index (χ4n) is 2.91. The second-order valence-corrected chi connectivity index (χ2v) is 9.81. The van der Waals surface area contributed by atoms with Crippen LogP contribution in [0.25, 0.3) is 0 Å². The lowest BCUT2D eigenvalue weighted by Crippen LogP contribution is -2.36. The number of hydrogen-bond donors (Lipinski definition) is 1. The third-order valence-corrected chi connectivity index (χ3v) is 7.35. The lowest BCUT2D eigenvalue weighted by Gasteiger charge is -2.28. The molecule has 0 unspecified atom stereocenters. The summed E-state index contributed by atoms with van der Waals surface area (Å²) in [5.74, 6) is 0. The molecule has 8 heteroatoms. The van der Waals surface area contributed by atoms with Crippen LogP contribution in [0.4, 0.5) is 0 Å². The molecule has 2 aromatic carbocycles. The van der Waals surface area contributed by atoms with Crippen molar-refractivity contribution >= 4 is 20.0 Å². The second-order valence-electron chi connectivity index (χ2n) is 6.31. The summed E-state index contributed by atoms with van der Waals surface area (Å²) in [4.78, 5) is 0.248. The molecule has 134 valence electrons. The molecule has 2 aromatic rings. The van der Waals surface area contributed by atoms with E-state index in [1.165, 1.54) is 16.4 Å². The third-order valence-electron chi connectivity index (χ3n) is 4.60. The molecule has 0 atom stereocenters. The molecular weight excluding hydrogens is 360 g/mol. The Kier molecular flexibility index (Phi) is 4.48. The third kappa shape index (κ3) is 3.48. The van der Waals surface area contributed by atoms with Crippen molar-refractivity contribution in [2.75, 3.05) is 6.54 Å². The van der Waals surface area contributed by atoms with Crippen molar-refractivity contribution < 1.29 is 16.8 Å². The Labute approximate surface area is 148 Å². The summed E-state index contributed by atoms with van der Waals surface area (Å²) in [6, 6.07) is 9.69. The Bertz CT molecular complexity index is 1040. The first-order valence-electron chi connectivity index (χ1n) is 7.81. The van der Waals surface area contributed by atoms with Gasteiger partial charge in [-0.2, -0.15) is 4.31 Å². The zero-order chi connectivity index (χ0) is 18.4. The number of nitrogens with zero attached hydrogens (tertiary/aromatic N) is 1. The van der Waals surface area contributed by atoms with E-state index in [1.807, 2.05) is 13.8 Å². The van der Waals surface area contributed by atoms with Gasteiger partial charge in [0, 0.05) is 13.1 Å². The monoisotopic (exact) mass is 380 g/mol. The predicted octanol–water partition coefficient (Wildman–Crippen LogP) is 1.70. The summed E-state index contributed by atoms with van der Waals surface area (Å²) >= 11 is 0. The fraction of sp³-hybridized carbons (Fsp3) is 0.294. The minimum Gasteiger partial charge on any atom is -0.225 e. The average Bonchev–Trinajstić information content (AvgIpc) is 2.55. The molecule has 0 aliphatic carbocycles. The van der Waals surface area contributed by atoms with Crippen molar-refractivity contribution in [3.63, 3.8) is 0 Å². The number of nitrogens with two attached hydrogens (primary N) is 1. The van der Waals surface area contributed by atoms with Gasteiger partial charge < -0.3 is 0 Å². The molecule has 0 aromatic heterocycles. The van der Waals surface area contributed by atoms with E-state index < -0.39 is 20.0 Å². The number of primary sulfonamides is 1. The van der Waals surface area contributed by atoms with Gasteiger partial charge in [-0.25, -0.2) is 22.0 Å². The standard InChI is InChI=1S/C17H20N2O4S2/c1-12-3-5-17(9-13(12)2)25(22,23)19-8-7-14-4-6-16(24(18,20)21)10-15(14)11-19/h3-6,9-10H,7-8,11H2,1-2H3,(H2,18,20,21). The predicted molar refractivity (Wildman–Crippen MR) is 95.0 cm³/mol. The summed E-state index contributed by atoms with van der Waals surface area (Å²) in [5, 5.41) is 5.17. The Balaban J connectivity index is 1.97. The molecule has 3 rings (SSSR count). The smallest absolute Gasteiger partial charge is 0.225 e. The number of sulfonamides is 2. The van der Waals surface area contributed by atoms with Crippen molar-refractivity contribution in [3.05, 3.63) is 58.7 Å². The highest BCUT2D eigenvalue weighted by Gasteiger charge is 2.29. The van der Waals surface area contributed by atoms with Crippen LogP contribution in [0.15, 0.2) is 46.2 Å². The van der Waals surface area contributed by atoms with E-state index in [9.17, 15) is 16.8 Å². The molecule has 0 amide bonds. The minimum atomic E-state index is -3.82. The van der Waals surface area contributed by atoms with Crippen LogP contribution >= 0.6 is 0 Å². The van der Waals surface area contributed by atoms with Gasteiger partial charge >= 0.3 is 0 Å². The molecule has 0 saturated carbocycles. The zero-order valence-corrected chi connectivity index (χ0v) is 15.7. The molecular formula is C17H20N2O4S2. The highest BCUT2D eigenvalue weighted by molar-refractivity contribution is 7.89. The first kappa shape index (κ1) is 18.1. The maximum absolute atomic E-state index is 12.9. The normalized spacial score (nSPS) is 15.8. The van der Waals surface area contributed by atoms with E-state index in [-0.39, 0.29) is 16.3 Å². The molecule has 6 nitrogen and oxygen atoms in total. The van der Waals surface area contributed by atoms with Crippen LogP contribution in [-0.2, 0) is 33.0 Å². The van der Waals surface area contributed by atoms with Gasteiger partial charge in [-0.3, -0.25) is 0 Å². The maximum atomic E-state index is 12.9. The van der Waals surface area contributed by atoms with Gasteiger partial charge in [0.15, 0.2) is 0 Å². The first-order chi connectivity index (χ1) is 11.6. The van der Waals surface area contributed by atoms with Gasteiger partial charge in [0.25, 0.3) is 0 Å². The van der Waals surface area contributed by atoms with Crippen molar-refractivity contribution in [1.29, 1.82) is 0 Å². The molecule has 0 fully saturated rings. The number of aryl methyl sites for hydroxylation is 2. The van der Waals surface area contributed by atoms with Gasteiger partial charge in [-0.05, 0) is 66.8 Å². The molecule has 0 radical (unpaired) electrons. The Hall–Kier alpha value is -1.74. The van der Waals surface area contributed by atoms with Gasteiger partial charge in [0.05, 0.1) is 9.79 Å². The first-order valence-corrected chi connectivity index (χ1v) is 10.8. The molecule has 1 aliphatic heterocycles. The van der Waals surface area contributed by atoms with Gasteiger partial charge in [-0.15, -0.1) is 0 Å². The number of fused-ring (bicyclic) bond motifs is 1. The van der Waals surface area contributed by atoms with Crippen LogP contribution in [0.5, 0.6) is 0 Å². The lowest BCUT2D eigenvalue weighted by molar-refractivity contribution is 0.391. The van der Waals surface area contributed by atoms with Gasteiger partial charge in [-0.1, -0.05) is 12.1 Å². The second kappa shape index (κ2) is 6.21. The van der Waals surface area contributed by atoms with Gasteiger partial charge in [0.1, 0.15) is 0 Å². The van der Waals surface area contributed by atoms with Crippen LogP contribution in [0, 0.1) is 13.8 Å². The van der Waals surface area contributed by atoms with E-state index >= 15 is 0 Å². The van der Waals surface area contributed by atoms with Crippen LogP contribution in [0.3, 0.4) is 0 Å². The molecule has 1 aliphatic rings. The summed E-state index contributed by atoms with van der Waals surface area (Å²) in [7, 11) is -7.46. The van der Waals surface area contributed by atoms with E-state index in [1.54, 1.807) is 24.3 Å². The van der Waals surface area contributed by atoms with Crippen LogP contribution in [0.1, 0.15) is 22.3 Å². The van der Waals surface area contributed by atoms with Crippen molar-refractivity contribution in [2.24, 2.45) is 5.14 Å². The van der Waals surface area contributed by atoms with Crippen LogP contribution in [-0.4, -0.2) is 27.7 Å².